The predicted octanol–water partition coefficient (Wildman–Crippen LogP) is 6.02. The van der Waals surface area contributed by atoms with Gasteiger partial charge in [-0.15, -0.1) is 0 Å². The zero-order valence-electron chi connectivity index (χ0n) is 17.9. The van der Waals surface area contributed by atoms with Gasteiger partial charge in [-0.1, -0.05) is 49.2 Å². The Bertz CT molecular complexity index is 1220. The number of carbonyl (C=O) groups is 1. The van der Waals surface area contributed by atoms with Gasteiger partial charge in [0.2, 0.25) is 0 Å². The molecule has 4 aromatic rings. The van der Waals surface area contributed by atoms with Crippen molar-refractivity contribution in [1.29, 1.82) is 0 Å². The summed E-state index contributed by atoms with van der Waals surface area (Å²) in [6.07, 6.45) is 4.76. The molecule has 3 aromatic carbocycles. The smallest absolute Gasteiger partial charge is 0.307 e. The molecule has 1 aliphatic rings. The van der Waals surface area contributed by atoms with E-state index < -0.39 is 5.97 Å². The van der Waals surface area contributed by atoms with E-state index in [1.165, 1.54) is 12.8 Å². The van der Waals surface area contributed by atoms with Crippen molar-refractivity contribution in [1.82, 2.24) is 9.55 Å². The molecule has 0 atom stereocenters. The molecule has 0 saturated heterocycles. The normalized spacial score (nSPS) is 14.1. The van der Waals surface area contributed by atoms with Crippen molar-refractivity contribution in [2.45, 2.75) is 44.8 Å². The Hall–Kier alpha value is -3.60. The maximum Gasteiger partial charge on any atom is 0.307 e. The molecule has 1 fully saturated rings. The minimum absolute atomic E-state index is 0.00894. The Morgan fingerprint density at radius 2 is 1.72 bits per heavy atom. The van der Waals surface area contributed by atoms with Crippen LogP contribution in [0.3, 0.4) is 0 Å². The maximum absolute atomic E-state index is 11.1. The van der Waals surface area contributed by atoms with Gasteiger partial charge in [0.1, 0.15) is 18.2 Å². The SMILES string of the molecule is O=C(O)Cc1ccc2c(c1)nc(-c1ccc(OCc3ccccc3)cc1)n2C1CCCC1. The molecular weight excluding hydrogens is 400 g/mol. The second-order valence-corrected chi connectivity index (χ2v) is 8.44. The van der Waals surface area contributed by atoms with E-state index in [1.807, 2.05) is 48.5 Å². The molecule has 1 heterocycles. The number of aliphatic carboxylic acids is 1. The van der Waals surface area contributed by atoms with Gasteiger partial charge < -0.3 is 14.4 Å². The van der Waals surface area contributed by atoms with Gasteiger partial charge in [0.15, 0.2) is 0 Å². The van der Waals surface area contributed by atoms with Gasteiger partial charge in [0.25, 0.3) is 0 Å². The summed E-state index contributed by atoms with van der Waals surface area (Å²) in [5.41, 5.74) is 4.88. The third-order valence-corrected chi connectivity index (χ3v) is 6.16. The Morgan fingerprint density at radius 1 is 0.969 bits per heavy atom. The largest absolute Gasteiger partial charge is 0.489 e. The molecule has 1 saturated carbocycles. The lowest BCUT2D eigenvalue weighted by Crippen LogP contribution is -2.06. The molecule has 162 valence electrons. The minimum atomic E-state index is -0.828. The van der Waals surface area contributed by atoms with Crippen LogP contribution in [0.15, 0.2) is 72.8 Å². The number of carboxylic acids is 1. The van der Waals surface area contributed by atoms with Crippen LogP contribution in [0.4, 0.5) is 0 Å². The summed E-state index contributed by atoms with van der Waals surface area (Å²) in [5.74, 6) is 0.935. The molecule has 0 bridgehead atoms. The van der Waals surface area contributed by atoms with Crippen LogP contribution >= 0.6 is 0 Å². The third kappa shape index (κ3) is 4.24. The molecule has 1 aliphatic carbocycles. The van der Waals surface area contributed by atoms with E-state index >= 15 is 0 Å². The summed E-state index contributed by atoms with van der Waals surface area (Å²) in [5, 5.41) is 9.15. The van der Waals surface area contributed by atoms with Crippen molar-refractivity contribution < 1.29 is 14.6 Å². The van der Waals surface area contributed by atoms with Crippen LogP contribution < -0.4 is 4.74 Å². The second kappa shape index (κ2) is 8.87. The number of aromatic nitrogens is 2. The third-order valence-electron chi connectivity index (χ3n) is 6.16. The van der Waals surface area contributed by atoms with Gasteiger partial charge in [-0.3, -0.25) is 4.79 Å². The van der Waals surface area contributed by atoms with Crippen LogP contribution in [-0.2, 0) is 17.8 Å². The molecule has 5 rings (SSSR count). The maximum atomic E-state index is 11.1. The molecule has 32 heavy (non-hydrogen) atoms. The Morgan fingerprint density at radius 3 is 2.44 bits per heavy atom. The molecule has 0 unspecified atom stereocenters. The van der Waals surface area contributed by atoms with Gasteiger partial charge in [0.05, 0.1) is 17.5 Å². The summed E-state index contributed by atoms with van der Waals surface area (Å²) in [6, 6.07) is 24.5. The van der Waals surface area contributed by atoms with Crippen LogP contribution in [0, 0.1) is 0 Å². The fourth-order valence-corrected chi connectivity index (χ4v) is 4.61. The molecule has 0 amide bonds. The van der Waals surface area contributed by atoms with E-state index in [0.29, 0.717) is 12.6 Å². The number of rotatable bonds is 7. The number of fused-ring (bicyclic) bond motifs is 1. The van der Waals surface area contributed by atoms with E-state index in [2.05, 4.69) is 28.8 Å². The van der Waals surface area contributed by atoms with E-state index in [-0.39, 0.29) is 6.42 Å². The number of nitrogens with zero attached hydrogens (tertiary/aromatic N) is 2. The van der Waals surface area contributed by atoms with Crippen LogP contribution in [0.2, 0.25) is 0 Å². The summed E-state index contributed by atoms with van der Waals surface area (Å²) in [4.78, 5) is 16.1. The number of ether oxygens (including phenoxy) is 1. The lowest BCUT2D eigenvalue weighted by molar-refractivity contribution is -0.136. The van der Waals surface area contributed by atoms with Crippen molar-refractivity contribution in [3.8, 4) is 17.1 Å². The fourth-order valence-electron chi connectivity index (χ4n) is 4.61. The van der Waals surface area contributed by atoms with Gasteiger partial charge in [0, 0.05) is 11.6 Å². The highest BCUT2D eigenvalue weighted by Gasteiger charge is 2.23. The first-order chi connectivity index (χ1) is 15.7. The van der Waals surface area contributed by atoms with Crippen LogP contribution in [0.25, 0.3) is 22.4 Å². The van der Waals surface area contributed by atoms with Gasteiger partial charge >= 0.3 is 5.97 Å². The van der Waals surface area contributed by atoms with E-state index in [9.17, 15) is 4.79 Å². The van der Waals surface area contributed by atoms with Crippen LogP contribution in [-0.4, -0.2) is 20.6 Å². The van der Waals surface area contributed by atoms with Crippen molar-refractivity contribution >= 4 is 17.0 Å². The average Bonchev–Trinajstić information content (AvgIpc) is 3.46. The second-order valence-electron chi connectivity index (χ2n) is 8.44. The molecule has 0 radical (unpaired) electrons. The fraction of sp³-hybridized carbons (Fsp3) is 0.259. The predicted molar refractivity (Wildman–Crippen MR) is 125 cm³/mol. The topological polar surface area (TPSA) is 64.3 Å². The number of imidazole rings is 1. The van der Waals surface area contributed by atoms with Crippen molar-refractivity contribution in [2.75, 3.05) is 0 Å². The summed E-state index contributed by atoms with van der Waals surface area (Å²) < 4.78 is 8.30. The average molecular weight is 427 g/mol. The zero-order chi connectivity index (χ0) is 21.9. The summed E-state index contributed by atoms with van der Waals surface area (Å²) in [6.45, 7) is 0.535. The Labute approximate surface area is 187 Å². The highest BCUT2D eigenvalue weighted by Crippen LogP contribution is 2.37. The van der Waals surface area contributed by atoms with Crippen molar-refractivity contribution in [3.05, 3.63) is 83.9 Å². The molecule has 0 aliphatic heterocycles. The van der Waals surface area contributed by atoms with Gasteiger partial charge in [-0.25, -0.2) is 4.98 Å². The first kappa shape index (κ1) is 20.3. The molecule has 5 heteroatoms. The molecule has 0 spiro atoms. The quantitative estimate of drug-likeness (QED) is 0.392. The number of benzene rings is 3. The lowest BCUT2D eigenvalue weighted by Gasteiger charge is -2.17. The van der Waals surface area contributed by atoms with Crippen LogP contribution in [0.5, 0.6) is 5.75 Å². The minimum Gasteiger partial charge on any atom is -0.489 e. The van der Waals surface area contributed by atoms with Crippen molar-refractivity contribution in [2.24, 2.45) is 0 Å². The first-order valence-corrected chi connectivity index (χ1v) is 11.2. The number of hydrogen-bond acceptors (Lipinski definition) is 3. The summed E-state index contributed by atoms with van der Waals surface area (Å²) in [7, 11) is 0. The Kier molecular flexibility index (Phi) is 5.63. The van der Waals surface area contributed by atoms with E-state index in [4.69, 9.17) is 14.8 Å². The van der Waals surface area contributed by atoms with E-state index in [0.717, 1.165) is 52.1 Å². The number of carboxylic acid groups (broad SMARTS) is 1. The van der Waals surface area contributed by atoms with E-state index in [1.54, 1.807) is 0 Å². The van der Waals surface area contributed by atoms with Gasteiger partial charge in [-0.05, 0) is 60.4 Å². The molecule has 5 nitrogen and oxygen atoms in total. The van der Waals surface area contributed by atoms with Crippen molar-refractivity contribution in [3.63, 3.8) is 0 Å². The number of hydrogen-bond donors (Lipinski definition) is 1. The van der Waals surface area contributed by atoms with Gasteiger partial charge in [-0.2, -0.15) is 0 Å². The highest BCUT2D eigenvalue weighted by atomic mass is 16.5. The van der Waals surface area contributed by atoms with Crippen LogP contribution in [0.1, 0.15) is 42.9 Å². The molecular formula is C27H26N2O3. The lowest BCUT2D eigenvalue weighted by atomic mass is 10.1. The first-order valence-electron chi connectivity index (χ1n) is 11.2. The zero-order valence-corrected chi connectivity index (χ0v) is 17.9. The standard InChI is InChI=1S/C27H26N2O3/c30-26(31)17-20-10-15-25-24(16-20)28-27(29(25)22-8-4-5-9-22)21-11-13-23(14-12-21)32-18-19-6-2-1-3-7-19/h1-3,6-7,10-16,22H,4-5,8-9,17-18H2,(H,30,31). The molecule has 1 N–H and O–H groups in total. The molecule has 1 aromatic heterocycles. The monoisotopic (exact) mass is 426 g/mol. The summed E-state index contributed by atoms with van der Waals surface area (Å²) >= 11 is 0. The Balaban J connectivity index is 1.46. The highest BCUT2D eigenvalue weighted by molar-refractivity contribution is 5.83.